The van der Waals surface area contributed by atoms with Crippen molar-refractivity contribution in [1.82, 2.24) is 5.32 Å². The summed E-state index contributed by atoms with van der Waals surface area (Å²) in [6.07, 6.45) is 0.976. The molecule has 0 aliphatic heterocycles. The summed E-state index contributed by atoms with van der Waals surface area (Å²) in [5.41, 5.74) is 1.87. The number of hydrogen-bond donors (Lipinski definition) is 2. The zero-order chi connectivity index (χ0) is 16.7. The number of aromatic hydroxyl groups is 1. The fourth-order valence-electron chi connectivity index (χ4n) is 2.23. The molecule has 2 N–H and O–H groups in total. The SMILES string of the molecule is COc1ccc(CCNC(=O)Cc2ccc(OC)c(O)c2)cc1. The van der Waals surface area contributed by atoms with Crippen molar-refractivity contribution in [3.63, 3.8) is 0 Å². The normalized spacial score (nSPS) is 10.2. The molecule has 23 heavy (non-hydrogen) atoms. The van der Waals surface area contributed by atoms with Gasteiger partial charge in [0.1, 0.15) is 5.75 Å². The Hall–Kier alpha value is -2.69. The Labute approximate surface area is 135 Å². The lowest BCUT2D eigenvalue weighted by molar-refractivity contribution is -0.120. The van der Waals surface area contributed by atoms with Gasteiger partial charge in [0.25, 0.3) is 0 Å². The highest BCUT2D eigenvalue weighted by Crippen LogP contribution is 2.26. The van der Waals surface area contributed by atoms with Gasteiger partial charge in [-0.05, 0) is 41.8 Å². The number of hydrogen-bond acceptors (Lipinski definition) is 4. The molecule has 5 heteroatoms. The van der Waals surface area contributed by atoms with E-state index in [1.807, 2.05) is 24.3 Å². The van der Waals surface area contributed by atoms with Crippen molar-refractivity contribution in [2.75, 3.05) is 20.8 Å². The maximum absolute atomic E-state index is 11.9. The van der Waals surface area contributed by atoms with Gasteiger partial charge in [-0.25, -0.2) is 0 Å². The first-order chi connectivity index (χ1) is 11.1. The minimum Gasteiger partial charge on any atom is -0.504 e. The number of methoxy groups -OCH3 is 2. The number of carbonyl (C=O) groups excluding carboxylic acids is 1. The largest absolute Gasteiger partial charge is 0.504 e. The van der Waals surface area contributed by atoms with E-state index < -0.39 is 0 Å². The summed E-state index contributed by atoms with van der Waals surface area (Å²) in [7, 11) is 3.12. The standard InChI is InChI=1S/C18H21NO4/c1-22-15-6-3-13(4-7-15)9-10-19-18(21)12-14-5-8-17(23-2)16(20)11-14/h3-8,11,20H,9-10,12H2,1-2H3,(H,19,21). The first kappa shape index (κ1) is 16.7. The van der Waals surface area contributed by atoms with E-state index in [1.165, 1.54) is 7.11 Å². The number of phenolic OH excluding ortho intramolecular Hbond substituents is 1. The molecule has 0 radical (unpaired) electrons. The third-order valence-corrected chi connectivity index (χ3v) is 3.50. The van der Waals surface area contributed by atoms with Crippen LogP contribution < -0.4 is 14.8 Å². The number of ether oxygens (including phenoxy) is 2. The van der Waals surface area contributed by atoms with Crippen LogP contribution in [0.4, 0.5) is 0 Å². The lowest BCUT2D eigenvalue weighted by atomic mass is 10.1. The fourth-order valence-corrected chi connectivity index (χ4v) is 2.23. The molecule has 2 aromatic rings. The van der Waals surface area contributed by atoms with E-state index >= 15 is 0 Å². The maximum Gasteiger partial charge on any atom is 0.224 e. The Bertz CT molecular complexity index is 653. The van der Waals surface area contributed by atoms with E-state index in [1.54, 1.807) is 25.3 Å². The number of benzene rings is 2. The van der Waals surface area contributed by atoms with Gasteiger partial charge in [-0.2, -0.15) is 0 Å². The van der Waals surface area contributed by atoms with Crippen molar-refractivity contribution in [1.29, 1.82) is 0 Å². The number of phenols is 1. The molecule has 0 saturated heterocycles. The van der Waals surface area contributed by atoms with Gasteiger partial charge < -0.3 is 19.9 Å². The first-order valence-corrected chi connectivity index (χ1v) is 7.38. The molecule has 0 heterocycles. The molecular weight excluding hydrogens is 294 g/mol. The fraction of sp³-hybridized carbons (Fsp3) is 0.278. The van der Waals surface area contributed by atoms with Gasteiger partial charge in [0.2, 0.25) is 5.91 Å². The highest BCUT2D eigenvalue weighted by Gasteiger charge is 2.07. The second kappa shape index (κ2) is 8.08. The summed E-state index contributed by atoms with van der Waals surface area (Å²) in [6.45, 7) is 0.563. The Morgan fingerprint density at radius 3 is 2.35 bits per heavy atom. The van der Waals surface area contributed by atoms with Gasteiger partial charge in [0.15, 0.2) is 11.5 Å². The summed E-state index contributed by atoms with van der Waals surface area (Å²) in [5, 5.41) is 12.6. The molecule has 0 aliphatic rings. The van der Waals surface area contributed by atoms with Crippen molar-refractivity contribution in [2.24, 2.45) is 0 Å². The minimum atomic E-state index is -0.0805. The van der Waals surface area contributed by atoms with Crippen molar-refractivity contribution >= 4 is 5.91 Å². The van der Waals surface area contributed by atoms with E-state index in [9.17, 15) is 9.90 Å². The van der Waals surface area contributed by atoms with Gasteiger partial charge in [-0.1, -0.05) is 18.2 Å². The topological polar surface area (TPSA) is 67.8 Å². The van der Waals surface area contributed by atoms with Crippen LogP contribution in [-0.2, 0) is 17.6 Å². The molecular formula is C18H21NO4. The Morgan fingerprint density at radius 2 is 1.74 bits per heavy atom. The Balaban J connectivity index is 1.79. The number of nitrogens with one attached hydrogen (secondary N) is 1. The highest BCUT2D eigenvalue weighted by molar-refractivity contribution is 5.78. The summed E-state index contributed by atoms with van der Waals surface area (Å²) < 4.78 is 10.1. The van der Waals surface area contributed by atoms with Gasteiger partial charge in [-0.3, -0.25) is 4.79 Å². The van der Waals surface area contributed by atoms with Crippen LogP contribution in [-0.4, -0.2) is 31.8 Å². The van der Waals surface area contributed by atoms with Crippen molar-refractivity contribution in [2.45, 2.75) is 12.8 Å². The molecule has 0 atom stereocenters. The van der Waals surface area contributed by atoms with Crippen LogP contribution in [0.5, 0.6) is 17.2 Å². The molecule has 122 valence electrons. The average molecular weight is 315 g/mol. The van der Waals surface area contributed by atoms with E-state index in [0.29, 0.717) is 12.3 Å². The zero-order valence-corrected chi connectivity index (χ0v) is 13.3. The molecule has 0 bridgehead atoms. The van der Waals surface area contributed by atoms with Crippen molar-refractivity contribution in [3.05, 3.63) is 53.6 Å². The molecule has 2 rings (SSSR count). The third-order valence-electron chi connectivity index (χ3n) is 3.50. The van der Waals surface area contributed by atoms with Crippen LogP contribution in [0.15, 0.2) is 42.5 Å². The van der Waals surface area contributed by atoms with Crippen LogP contribution >= 0.6 is 0 Å². The highest BCUT2D eigenvalue weighted by atomic mass is 16.5. The molecule has 0 aliphatic carbocycles. The summed E-state index contributed by atoms with van der Waals surface area (Å²) in [5.74, 6) is 1.17. The molecule has 0 aromatic heterocycles. The van der Waals surface area contributed by atoms with Crippen molar-refractivity contribution in [3.8, 4) is 17.2 Å². The quantitative estimate of drug-likeness (QED) is 0.823. The molecule has 1 amide bonds. The first-order valence-electron chi connectivity index (χ1n) is 7.38. The monoisotopic (exact) mass is 315 g/mol. The number of amides is 1. The summed E-state index contributed by atoms with van der Waals surface area (Å²) in [4.78, 5) is 11.9. The second-order valence-corrected chi connectivity index (χ2v) is 5.13. The van der Waals surface area contributed by atoms with E-state index in [4.69, 9.17) is 9.47 Å². The van der Waals surface area contributed by atoms with Gasteiger partial charge >= 0.3 is 0 Å². The number of rotatable bonds is 7. The lowest BCUT2D eigenvalue weighted by Crippen LogP contribution is -2.27. The predicted molar refractivity (Wildman–Crippen MR) is 88.1 cm³/mol. The Morgan fingerprint density at radius 1 is 1.04 bits per heavy atom. The van der Waals surface area contributed by atoms with Crippen LogP contribution in [0.2, 0.25) is 0 Å². The smallest absolute Gasteiger partial charge is 0.224 e. The predicted octanol–water partition coefficient (Wildman–Crippen LogP) is 2.31. The lowest BCUT2D eigenvalue weighted by Gasteiger charge is -2.08. The van der Waals surface area contributed by atoms with E-state index in [2.05, 4.69) is 5.32 Å². The number of carbonyl (C=O) groups is 1. The summed E-state index contributed by atoms with van der Waals surface area (Å²) in [6, 6.07) is 12.7. The van der Waals surface area contributed by atoms with Gasteiger partial charge in [-0.15, -0.1) is 0 Å². The molecule has 0 saturated carbocycles. The van der Waals surface area contributed by atoms with E-state index in [-0.39, 0.29) is 18.1 Å². The van der Waals surface area contributed by atoms with Crippen LogP contribution in [0.25, 0.3) is 0 Å². The average Bonchev–Trinajstić information content (AvgIpc) is 2.55. The second-order valence-electron chi connectivity index (χ2n) is 5.13. The molecule has 5 nitrogen and oxygen atoms in total. The van der Waals surface area contributed by atoms with Gasteiger partial charge in [0, 0.05) is 6.54 Å². The molecule has 0 fully saturated rings. The molecule has 0 spiro atoms. The van der Waals surface area contributed by atoms with E-state index in [0.717, 1.165) is 23.3 Å². The summed E-state index contributed by atoms with van der Waals surface area (Å²) >= 11 is 0. The molecule has 2 aromatic carbocycles. The van der Waals surface area contributed by atoms with Crippen LogP contribution in [0, 0.1) is 0 Å². The van der Waals surface area contributed by atoms with Gasteiger partial charge in [0.05, 0.1) is 20.6 Å². The third kappa shape index (κ3) is 4.92. The van der Waals surface area contributed by atoms with Crippen LogP contribution in [0.3, 0.4) is 0 Å². The van der Waals surface area contributed by atoms with Crippen molar-refractivity contribution < 1.29 is 19.4 Å². The Kier molecular flexibility index (Phi) is 5.86. The maximum atomic E-state index is 11.9. The minimum absolute atomic E-state index is 0.0380. The van der Waals surface area contributed by atoms with Crippen LogP contribution in [0.1, 0.15) is 11.1 Å². The molecule has 0 unspecified atom stereocenters. The zero-order valence-electron chi connectivity index (χ0n) is 13.3.